The van der Waals surface area contributed by atoms with E-state index in [4.69, 9.17) is 4.74 Å². The van der Waals surface area contributed by atoms with Gasteiger partial charge in [0.1, 0.15) is 0 Å². The average Bonchev–Trinajstić information content (AvgIpc) is 2.53. The number of anilines is 1. The minimum atomic E-state index is -0.219. The molecule has 2 aliphatic heterocycles. The van der Waals surface area contributed by atoms with Gasteiger partial charge in [0.15, 0.2) is 0 Å². The van der Waals surface area contributed by atoms with Crippen LogP contribution in [0.2, 0.25) is 0 Å². The van der Waals surface area contributed by atoms with Crippen molar-refractivity contribution in [1.29, 1.82) is 0 Å². The summed E-state index contributed by atoms with van der Waals surface area (Å²) in [5.41, 5.74) is 2.10. The van der Waals surface area contributed by atoms with Crippen LogP contribution in [-0.2, 0) is 9.53 Å². The summed E-state index contributed by atoms with van der Waals surface area (Å²) in [5.74, 6) is -0.0252. The van der Waals surface area contributed by atoms with Gasteiger partial charge in [-0.2, -0.15) is 0 Å². The Hall–Kier alpha value is -1.59. The molecule has 0 bridgehead atoms. The number of fused-ring (bicyclic) bond motifs is 1. The number of amides is 1. The number of aliphatic hydroxyl groups excluding tert-OH is 1. The van der Waals surface area contributed by atoms with Gasteiger partial charge in [-0.1, -0.05) is 18.2 Å². The Balaban J connectivity index is 1.87. The van der Waals surface area contributed by atoms with Gasteiger partial charge >= 0.3 is 0 Å². The van der Waals surface area contributed by atoms with Gasteiger partial charge in [-0.25, -0.2) is 0 Å². The third-order valence-corrected chi connectivity index (χ3v) is 4.35. The fourth-order valence-corrected chi connectivity index (χ4v) is 3.27. The van der Waals surface area contributed by atoms with Gasteiger partial charge in [-0.15, -0.1) is 0 Å². The summed E-state index contributed by atoms with van der Waals surface area (Å²) in [6, 6.07) is 8.04. The molecule has 2 N–H and O–H groups in total. The van der Waals surface area contributed by atoms with Crippen molar-refractivity contribution in [3.63, 3.8) is 0 Å². The zero-order valence-electron chi connectivity index (χ0n) is 12.3. The standard InChI is InChI=1S/C16H22N2O3/c1-11-8-14(13-4-2-3-5-15(13)17-11)16(20)18-6-7-21-10-12(18)9-19/h2-5,11-12,14,17,19H,6-10H2,1H3. The van der Waals surface area contributed by atoms with Crippen molar-refractivity contribution >= 4 is 11.6 Å². The van der Waals surface area contributed by atoms with Gasteiger partial charge < -0.3 is 20.1 Å². The number of rotatable bonds is 2. The van der Waals surface area contributed by atoms with E-state index in [9.17, 15) is 9.90 Å². The molecule has 3 atom stereocenters. The summed E-state index contributed by atoms with van der Waals surface area (Å²) in [6.45, 7) is 3.58. The van der Waals surface area contributed by atoms with Gasteiger partial charge in [0, 0.05) is 18.3 Å². The number of carbonyl (C=O) groups excluding carboxylic acids is 1. The second-order valence-electron chi connectivity index (χ2n) is 5.86. The smallest absolute Gasteiger partial charge is 0.230 e. The number of morpholine rings is 1. The molecule has 0 radical (unpaired) electrons. The van der Waals surface area contributed by atoms with Crippen LogP contribution in [0, 0.1) is 0 Å². The Morgan fingerprint density at radius 3 is 3.10 bits per heavy atom. The average molecular weight is 290 g/mol. The lowest BCUT2D eigenvalue weighted by Gasteiger charge is -2.39. The Morgan fingerprint density at radius 1 is 1.48 bits per heavy atom. The normalized spacial score (nSPS) is 28.7. The van der Waals surface area contributed by atoms with Crippen molar-refractivity contribution in [2.45, 2.75) is 31.3 Å². The minimum absolute atomic E-state index is 0.0477. The zero-order chi connectivity index (χ0) is 14.8. The van der Waals surface area contributed by atoms with Crippen LogP contribution in [0.4, 0.5) is 5.69 Å². The highest BCUT2D eigenvalue weighted by molar-refractivity contribution is 5.87. The fourth-order valence-electron chi connectivity index (χ4n) is 3.27. The molecule has 0 aliphatic carbocycles. The van der Waals surface area contributed by atoms with E-state index < -0.39 is 0 Å². The van der Waals surface area contributed by atoms with E-state index in [1.54, 1.807) is 4.90 Å². The summed E-state index contributed by atoms with van der Waals surface area (Å²) in [4.78, 5) is 14.8. The molecule has 1 saturated heterocycles. The Labute approximate surface area is 124 Å². The molecule has 1 aromatic rings. The molecule has 114 valence electrons. The molecular formula is C16H22N2O3. The summed E-state index contributed by atoms with van der Waals surface area (Å²) < 4.78 is 5.37. The van der Waals surface area contributed by atoms with E-state index in [-0.39, 0.29) is 30.5 Å². The maximum absolute atomic E-state index is 13.0. The number of hydrogen-bond donors (Lipinski definition) is 2. The predicted molar refractivity (Wildman–Crippen MR) is 80.3 cm³/mol. The fraction of sp³-hybridized carbons (Fsp3) is 0.562. The number of aliphatic hydroxyl groups is 1. The van der Waals surface area contributed by atoms with Crippen LogP contribution in [0.25, 0.3) is 0 Å². The van der Waals surface area contributed by atoms with Crippen molar-refractivity contribution in [2.75, 3.05) is 31.7 Å². The van der Waals surface area contributed by atoms with Crippen molar-refractivity contribution in [3.8, 4) is 0 Å². The molecule has 2 heterocycles. The first-order chi connectivity index (χ1) is 10.2. The number of hydrogen-bond acceptors (Lipinski definition) is 4. The molecule has 5 heteroatoms. The zero-order valence-corrected chi connectivity index (χ0v) is 12.3. The largest absolute Gasteiger partial charge is 0.394 e. The van der Waals surface area contributed by atoms with E-state index >= 15 is 0 Å². The Morgan fingerprint density at radius 2 is 2.29 bits per heavy atom. The van der Waals surface area contributed by atoms with Crippen molar-refractivity contribution in [2.24, 2.45) is 0 Å². The van der Waals surface area contributed by atoms with Crippen LogP contribution in [0.3, 0.4) is 0 Å². The lowest BCUT2D eigenvalue weighted by atomic mass is 9.86. The van der Waals surface area contributed by atoms with Crippen LogP contribution in [0.1, 0.15) is 24.8 Å². The SMILES string of the molecule is CC1CC(C(=O)N2CCOCC2CO)c2ccccc2N1. The molecule has 0 saturated carbocycles. The number of benzene rings is 1. The number of para-hydroxylation sites is 1. The number of ether oxygens (including phenoxy) is 1. The Kier molecular flexibility index (Phi) is 4.12. The number of nitrogens with one attached hydrogen (secondary N) is 1. The third-order valence-electron chi connectivity index (χ3n) is 4.35. The quantitative estimate of drug-likeness (QED) is 0.859. The van der Waals surface area contributed by atoms with Crippen molar-refractivity contribution in [1.82, 2.24) is 4.90 Å². The highest BCUT2D eigenvalue weighted by Crippen LogP contribution is 2.35. The van der Waals surface area contributed by atoms with Crippen LogP contribution < -0.4 is 5.32 Å². The van der Waals surface area contributed by atoms with Crippen LogP contribution >= 0.6 is 0 Å². The van der Waals surface area contributed by atoms with E-state index in [0.29, 0.717) is 19.8 Å². The molecule has 2 aliphatic rings. The highest BCUT2D eigenvalue weighted by atomic mass is 16.5. The first-order valence-corrected chi connectivity index (χ1v) is 7.55. The van der Waals surface area contributed by atoms with Crippen LogP contribution in [0.5, 0.6) is 0 Å². The molecule has 1 amide bonds. The van der Waals surface area contributed by atoms with Crippen LogP contribution in [-0.4, -0.2) is 54.4 Å². The van der Waals surface area contributed by atoms with E-state index in [2.05, 4.69) is 12.2 Å². The summed E-state index contributed by atoms with van der Waals surface area (Å²) in [7, 11) is 0. The summed E-state index contributed by atoms with van der Waals surface area (Å²) in [6.07, 6.45) is 0.783. The van der Waals surface area contributed by atoms with E-state index in [0.717, 1.165) is 17.7 Å². The summed E-state index contributed by atoms with van der Waals surface area (Å²) in [5, 5.41) is 12.9. The minimum Gasteiger partial charge on any atom is -0.394 e. The van der Waals surface area contributed by atoms with Gasteiger partial charge in [0.25, 0.3) is 0 Å². The predicted octanol–water partition coefficient (Wildman–Crippen LogP) is 1.19. The van der Waals surface area contributed by atoms with Gasteiger partial charge in [-0.05, 0) is 25.0 Å². The lowest BCUT2D eigenvalue weighted by Crippen LogP contribution is -2.52. The molecule has 3 unspecified atom stereocenters. The molecule has 0 spiro atoms. The monoisotopic (exact) mass is 290 g/mol. The van der Waals surface area contributed by atoms with Gasteiger partial charge in [-0.3, -0.25) is 4.79 Å². The molecular weight excluding hydrogens is 268 g/mol. The molecule has 1 fully saturated rings. The van der Waals surface area contributed by atoms with Gasteiger partial charge in [0.2, 0.25) is 5.91 Å². The van der Waals surface area contributed by atoms with E-state index in [1.165, 1.54) is 0 Å². The summed E-state index contributed by atoms with van der Waals surface area (Å²) >= 11 is 0. The molecule has 5 nitrogen and oxygen atoms in total. The second-order valence-corrected chi connectivity index (χ2v) is 5.86. The van der Waals surface area contributed by atoms with E-state index in [1.807, 2.05) is 24.3 Å². The van der Waals surface area contributed by atoms with Gasteiger partial charge in [0.05, 0.1) is 31.8 Å². The Bertz CT molecular complexity index is 520. The maximum Gasteiger partial charge on any atom is 0.230 e. The molecule has 21 heavy (non-hydrogen) atoms. The highest BCUT2D eigenvalue weighted by Gasteiger charge is 2.36. The second kappa shape index (κ2) is 6.03. The molecule has 1 aromatic carbocycles. The topological polar surface area (TPSA) is 61.8 Å². The van der Waals surface area contributed by atoms with Crippen LogP contribution in [0.15, 0.2) is 24.3 Å². The first kappa shape index (κ1) is 14.4. The third kappa shape index (κ3) is 2.76. The first-order valence-electron chi connectivity index (χ1n) is 7.55. The maximum atomic E-state index is 13.0. The van der Waals surface area contributed by atoms with Crippen molar-refractivity contribution in [3.05, 3.63) is 29.8 Å². The van der Waals surface area contributed by atoms with Crippen molar-refractivity contribution < 1.29 is 14.6 Å². The lowest BCUT2D eigenvalue weighted by molar-refractivity contribution is -0.143. The number of carbonyl (C=O) groups is 1. The number of nitrogens with zero attached hydrogens (tertiary/aromatic N) is 1. The molecule has 3 rings (SSSR count). The molecule has 0 aromatic heterocycles.